The minimum atomic E-state index is 0.728. The summed E-state index contributed by atoms with van der Waals surface area (Å²) >= 11 is 0. The second-order valence-electron chi connectivity index (χ2n) is 0.856. The summed E-state index contributed by atoms with van der Waals surface area (Å²) in [6.45, 7) is 6.99. The maximum Gasteiger partial charge on any atom is -0.0276 e. The minimum Gasteiger partial charge on any atom is -0.0991 e. The molecule has 0 bridgehead atoms. The molecule has 0 aromatic heterocycles. The molecule has 0 aromatic rings. The molecule has 2 radical (unpaired) electrons. The Balaban J connectivity index is 2.94. The number of allylic oxidation sites excluding steroid dienone is 3. The van der Waals surface area contributed by atoms with Crippen molar-refractivity contribution in [3.63, 3.8) is 0 Å². The quantitative estimate of drug-likeness (QED) is 0.443. The van der Waals surface area contributed by atoms with E-state index in [0.29, 0.717) is 0 Å². The summed E-state index contributed by atoms with van der Waals surface area (Å²) in [5, 5.41) is 0. The average molecular weight is 80.1 g/mol. The van der Waals surface area contributed by atoms with E-state index in [2.05, 4.69) is 19.6 Å². The molecule has 0 amide bonds. The lowest BCUT2D eigenvalue weighted by Crippen LogP contribution is -1.49. The van der Waals surface area contributed by atoms with Crippen molar-refractivity contribution in [3.05, 3.63) is 31.7 Å². The van der Waals surface area contributed by atoms with Crippen molar-refractivity contribution >= 4 is 0 Å². The summed E-state index contributed by atoms with van der Waals surface area (Å²) in [7, 11) is 0. The molecule has 0 atom stereocenters. The highest BCUT2D eigenvalue weighted by Gasteiger charge is 1.56. The van der Waals surface area contributed by atoms with Gasteiger partial charge in [0.25, 0.3) is 0 Å². The van der Waals surface area contributed by atoms with Crippen LogP contribution in [0, 0.1) is 13.0 Å². The van der Waals surface area contributed by atoms with Crippen molar-refractivity contribution in [2.24, 2.45) is 0 Å². The molecule has 0 aliphatic rings. The van der Waals surface area contributed by atoms with Gasteiger partial charge < -0.3 is 0 Å². The zero-order valence-electron chi connectivity index (χ0n) is 3.78. The van der Waals surface area contributed by atoms with Gasteiger partial charge in [0, 0.05) is 0 Å². The van der Waals surface area contributed by atoms with E-state index in [-0.39, 0.29) is 0 Å². The van der Waals surface area contributed by atoms with Crippen LogP contribution in [0.5, 0.6) is 0 Å². The summed E-state index contributed by atoms with van der Waals surface area (Å²) in [6, 6.07) is 0. The van der Waals surface area contributed by atoms with Gasteiger partial charge in [0.05, 0.1) is 0 Å². The monoisotopic (exact) mass is 80.1 g/mol. The molecule has 0 nitrogen and oxygen atoms in total. The fourth-order valence-corrected chi connectivity index (χ4v) is 0.167. The Morgan fingerprint density at radius 3 is 2.50 bits per heavy atom. The van der Waals surface area contributed by atoms with Crippen LogP contribution in [0.25, 0.3) is 0 Å². The maximum absolute atomic E-state index is 3.53. The van der Waals surface area contributed by atoms with Crippen molar-refractivity contribution in [2.75, 3.05) is 0 Å². The predicted octanol–water partition coefficient (Wildman–Crippen LogP) is 1.76. The van der Waals surface area contributed by atoms with Crippen molar-refractivity contribution < 1.29 is 0 Å². The lowest BCUT2D eigenvalue weighted by Gasteiger charge is -1.66. The lowest BCUT2D eigenvalue weighted by atomic mass is 10.4. The first kappa shape index (κ1) is 5.48. The van der Waals surface area contributed by atoms with E-state index in [0.717, 1.165) is 6.42 Å². The van der Waals surface area contributed by atoms with E-state index in [4.69, 9.17) is 0 Å². The number of hydrogen-bond acceptors (Lipinski definition) is 0. The summed E-state index contributed by atoms with van der Waals surface area (Å²) in [5.41, 5.74) is 0. The first-order chi connectivity index (χ1) is 2.91. The van der Waals surface area contributed by atoms with Crippen molar-refractivity contribution in [1.82, 2.24) is 0 Å². The molecule has 0 spiro atoms. The smallest absolute Gasteiger partial charge is 0.0276 e. The van der Waals surface area contributed by atoms with Gasteiger partial charge in [-0.15, -0.1) is 0 Å². The van der Waals surface area contributed by atoms with E-state index in [1.807, 2.05) is 0 Å². The van der Waals surface area contributed by atoms with Crippen molar-refractivity contribution in [2.45, 2.75) is 6.42 Å². The Morgan fingerprint density at radius 1 is 1.67 bits per heavy atom. The molecule has 0 aliphatic carbocycles. The van der Waals surface area contributed by atoms with Gasteiger partial charge in [0.15, 0.2) is 0 Å². The second kappa shape index (κ2) is 4.48. The third-order valence-electron chi connectivity index (χ3n) is 0.380. The van der Waals surface area contributed by atoms with E-state index < -0.39 is 0 Å². The van der Waals surface area contributed by atoms with Gasteiger partial charge in [0.2, 0.25) is 0 Å². The molecule has 6 heavy (non-hydrogen) atoms. The van der Waals surface area contributed by atoms with Crippen LogP contribution in [0.15, 0.2) is 18.7 Å². The average Bonchev–Trinajstić information content (AvgIpc) is 1.61. The maximum atomic E-state index is 3.53. The third kappa shape index (κ3) is 3.48. The number of rotatable bonds is 2. The molecule has 0 fully saturated rings. The fourth-order valence-electron chi connectivity index (χ4n) is 0.167. The van der Waals surface area contributed by atoms with Gasteiger partial charge in [-0.2, -0.15) is 0 Å². The van der Waals surface area contributed by atoms with Crippen LogP contribution in [0.2, 0.25) is 0 Å². The molecule has 32 valence electrons. The van der Waals surface area contributed by atoms with E-state index in [1.54, 1.807) is 12.2 Å². The lowest BCUT2D eigenvalue weighted by molar-refractivity contribution is 1.35. The molecule has 0 aromatic carbocycles. The van der Waals surface area contributed by atoms with Crippen molar-refractivity contribution in [3.8, 4) is 0 Å². The molecule has 0 N–H and O–H groups in total. The molecule has 0 heteroatoms. The van der Waals surface area contributed by atoms with E-state index in [9.17, 15) is 0 Å². The summed E-state index contributed by atoms with van der Waals surface area (Å²) in [6.07, 6.45) is 7.01. The first-order valence-electron chi connectivity index (χ1n) is 1.88. The first-order valence-corrected chi connectivity index (χ1v) is 1.88. The van der Waals surface area contributed by atoms with Gasteiger partial charge in [-0.05, 0) is 19.4 Å². The Bertz CT molecular complexity index is 51.1. The van der Waals surface area contributed by atoms with Crippen LogP contribution >= 0.6 is 0 Å². The van der Waals surface area contributed by atoms with Gasteiger partial charge in [-0.25, -0.2) is 0 Å². The van der Waals surface area contributed by atoms with Gasteiger partial charge in [-0.3, -0.25) is 0 Å². The molecular formula is C6H8. The Hall–Kier alpha value is -0.520. The van der Waals surface area contributed by atoms with E-state index in [1.165, 1.54) is 0 Å². The zero-order valence-corrected chi connectivity index (χ0v) is 3.78. The van der Waals surface area contributed by atoms with Crippen molar-refractivity contribution in [1.29, 1.82) is 0 Å². The van der Waals surface area contributed by atoms with Gasteiger partial charge in [0.1, 0.15) is 0 Å². The summed E-state index contributed by atoms with van der Waals surface area (Å²) in [4.78, 5) is 0. The molecule has 0 heterocycles. The van der Waals surface area contributed by atoms with Gasteiger partial charge in [-0.1, -0.05) is 18.7 Å². The van der Waals surface area contributed by atoms with Crippen LogP contribution in [0.1, 0.15) is 6.42 Å². The van der Waals surface area contributed by atoms with Crippen LogP contribution in [-0.4, -0.2) is 0 Å². The Labute approximate surface area is 39.2 Å². The molecule has 0 unspecified atom stereocenters. The zero-order chi connectivity index (χ0) is 4.83. The van der Waals surface area contributed by atoms with Crippen LogP contribution in [-0.2, 0) is 0 Å². The molecule has 0 aliphatic heterocycles. The fraction of sp³-hybridized carbons (Fsp3) is 0.167. The third-order valence-corrected chi connectivity index (χ3v) is 0.380. The summed E-state index contributed by atoms with van der Waals surface area (Å²) in [5.74, 6) is 0. The van der Waals surface area contributed by atoms with Gasteiger partial charge >= 0.3 is 0 Å². The summed E-state index contributed by atoms with van der Waals surface area (Å²) < 4.78 is 0. The predicted molar refractivity (Wildman–Crippen MR) is 28.0 cm³/mol. The van der Waals surface area contributed by atoms with E-state index >= 15 is 0 Å². The SMILES string of the molecule is [CH2]C/[C]=C/C=C. The van der Waals surface area contributed by atoms with Crippen LogP contribution in [0.4, 0.5) is 0 Å². The topological polar surface area (TPSA) is 0 Å². The molecule has 0 saturated carbocycles. The van der Waals surface area contributed by atoms with Crippen LogP contribution < -0.4 is 0 Å². The highest BCUT2D eigenvalue weighted by atomic mass is 13.6. The molecule has 0 saturated heterocycles. The second-order valence-corrected chi connectivity index (χ2v) is 0.856. The molecular weight excluding hydrogens is 72.1 g/mol. The standard InChI is InChI=1S/C6H8/c1-3-5-6-4-2/h3,5H,1-2,4H2. The number of hydrogen-bond donors (Lipinski definition) is 0. The normalized spacial score (nSPS) is 9.50. The molecule has 0 rings (SSSR count). The van der Waals surface area contributed by atoms with Crippen LogP contribution in [0.3, 0.4) is 0 Å². The Kier molecular flexibility index (Phi) is 4.09. The minimum absolute atomic E-state index is 0.728. The highest BCUT2D eigenvalue weighted by Crippen LogP contribution is 1.74. The largest absolute Gasteiger partial charge is 0.0991 e. The Morgan fingerprint density at radius 2 is 2.33 bits per heavy atom. The highest BCUT2D eigenvalue weighted by molar-refractivity contribution is 4.92.